The second-order valence-corrected chi connectivity index (χ2v) is 5.29. The first-order valence-corrected chi connectivity index (χ1v) is 6.97. The number of nitrogens with zero attached hydrogens (tertiary/aromatic N) is 1. The van der Waals surface area contributed by atoms with Crippen molar-refractivity contribution in [2.24, 2.45) is 0 Å². The number of rotatable bonds is 10. The molecule has 1 atom stereocenters. The molecule has 1 N–H and O–H groups in total. The molecular weight excluding hydrogens is 212 g/mol. The van der Waals surface area contributed by atoms with Gasteiger partial charge in [0.05, 0.1) is 6.07 Å². The molecule has 1 saturated carbocycles. The zero-order valence-corrected chi connectivity index (χ0v) is 11.3. The van der Waals surface area contributed by atoms with E-state index in [1.807, 2.05) is 6.92 Å². The van der Waals surface area contributed by atoms with Crippen LogP contribution < -0.4 is 5.32 Å². The van der Waals surface area contributed by atoms with E-state index in [9.17, 15) is 5.26 Å². The van der Waals surface area contributed by atoms with Gasteiger partial charge in [0.1, 0.15) is 5.54 Å². The van der Waals surface area contributed by atoms with E-state index >= 15 is 0 Å². The summed E-state index contributed by atoms with van der Waals surface area (Å²) >= 11 is 0. The first-order valence-electron chi connectivity index (χ1n) is 6.97. The van der Waals surface area contributed by atoms with Gasteiger partial charge in [0, 0.05) is 19.3 Å². The number of nitriles is 1. The van der Waals surface area contributed by atoms with Crippen LogP contribution in [0.15, 0.2) is 0 Å². The maximum Gasteiger partial charge on any atom is 0.104 e. The van der Waals surface area contributed by atoms with E-state index in [0.717, 1.165) is 38.9 Å². The lowest BCUT2D eigenvalue weighted by atomic mass is 9.96. The first kappa shape index (κ1) is 14.5. The molecule has 0 aliphatic heterocycles. The van der Waals surface area contributed by atoms with E-state index in [2.05, 4.69) is 18.3 Å². The van der Waals surface area contributed by atoms with Gasteiger partial charge in [0.2, 0.25) is 0 Å². The lowest BCUT2D eigenvalue weighted by Gasteiger charge is -2.23. The molecule has 0 saturated heterocycles. The summed E-state index contributed by atoms with van der Waals surface area (Å²) in [5, 5.41) is 12.6. The third-order valence-electron chi connectivity index (χ3n) is 3.20. The molecule has 1 aliphatic rings. The fourth-order valence-electron chi connectivity index (χ4n) is 1.87. The minimum absolute atomic E-state index is 0.329. The van der Waals surface area contributed by atoms with Crippen molar-refractivity contribution in [3.63, 3.8) is 0 Å². The molecule has 1 fully saturated rings. The van der Waals surface area contributed by atoms with Crippen LogP contribution in [0, 0.1) is 11.3 Å². The van der Waals surface area contributed by atoms with Crippen LogP contribution in [0.2, 0.25) is 0 Å². The van der Waals surface area contributed by atoms with Gasteiger partial charge >= 0.3 is 0 Å². The molecule has 17 heavy (non-hydrogen) atoms. The molecule has 98 valence electrons. The third kappa shape index (κ3) is 6.65. The lowest BCUT2D eigenvalue weighted by Crippen LogP contribution is -2.42. The summed E-state index contributed by atoms with van der Waals surface area (Å²) in [6, 6.07) is 3.01. The predicted octanol–water partition coefficient (Wildman–Crippen LogP) is 3.01. The van der Waals surface area contributed by atoms with Crippen molar-refractivity contribution < 1.29 is 4.74 Å². The van der Waals surface area contributed by atoms with Crippen LogP contribution >= 0.6 is 0 Å². The standard InChI is InChI=1S/C14H26N2O/c1-3-4-10-17-11-6-5-9-14(2,12-15)16-13-7-8-13/h13,16H,3-11H2,1-2H3. The van der Waals surface area contributed by atoms with Gasteiger partial charge in [-0.1, -0.05) is 13.3 Å². The van der Waals surface area contributed by atoms with Gasteiger partial charge < -0.3 is 4.74 Å². The number of unbranched alkanes of at least 4 members (excludes halogenated alkanes) is 2. The summed E-state index contributed by atoms with van der Waals surface area (Å²) in [7, 11) is 0. The van der Waals surface area contributed by atoms with Crippen LogP contribution in [0.1, 0.15) is 58.8 Å². The maximum atomic E-state index is 9.19. The molecule has 3 nitrogen and oxygen atoms in total. The van der Waals surface area contributed by atoms with E-state index < -0.39 is 0 Å². The Morgan fingerprint density at radius 1 is 1.29 bits per heavy atom. The smallest absolute Gasteiger partial charge is 0.104 e. The monoisotopic (exact) mass is 238 g/mol. The number of hydrogen-bond donors (Lipinski definition) is 1. The average molecular weight is 238 g/mol. The van der Waals surface area contributed by atoms with E-state index in [1.165, 1.54) is 19.3 Å². The second kappa shape index (κ2) is 7.68. The van der Waals surface area contributed by atoms with Crippen LogP contribution in [-0.4, -0.2) is 24.8 Å². The van der Waals surface area contributed by atoms with Crippen molar-refractivity contribution in [3.8, 4) is 6.07 Å². The predicted molar refractivity (Wildman–Crippen MR) is 69.8 cm³/mol. The summed E-state index contributed by atoms with van der Waals surface area (Å²) < 4.78 is 5.51. The molecule has 1 aliphatic carbocycles. The van der Waals surface area contributed by atoms with Crippen LogP contribution in [-0.2, 0) is 4.74 Å². The molecule has 0 aromatic carbocycles. The van der Waals surface area contributed by atoms with E-state index in [4.69, 9.17) is 4.74 Å². The highest BCUT2D eigenvalue weighted by atomic mass is 16.5. The maximum absolute atomic E-state index is 9.19. The minimum atomic E-state index is -0.329. The second-order valence-electron chi connectivity index (χ2n) is 5.29. The molecule has 0 heterocycles. The summed E-state index contributed by atoms with van der Waals surface area (Å²) in [5.41, 5.74) is -0.329. The molecule has 0 spiro atoms. The largest absolute Gasteiger partial charge is 0.381 e. The highest BCUT2D eigenvalue weighted by Crippen LogP contribution is 2.24. The van der Waals surface area contributed by atoms with Crippen molar-refractivity contribution in [3.05, 3.63) is 0 Å². The van der Waals surface area contributed by atoms with E-state index in [-0.39, 0.29) is 5.54 Å². The van der Waals surface area contributed by atoms with Gasteiger partial charge in [0.25, 0.3) is 0 Å². The molecule has 1 rings (SSSR count). The quantitative estimate of drug-likeness (QED) is 0.595. The zero-order chi connectivity index (χ0) is 12.6. The van der Waals surface area contributed by atoms with E-state index in [1.54, 1.807) is 0 Å². The Balaban J connectivity index is 2.01. The number of ether oxygens (including phenoxy) is 1. The fourth-order valence-corrected chi connectivity index (χ4v) is 1.87. The van der Waals surface area contributed by atoms with Crippen LogP contribution in [0.4, 0.5) is 0 Å². The van der Waals surface area contributed by atoms with Crippen molar-refractivity contribution >= 4 is 0 Å². The van der Waals surface area contributed by atoms with Gasteiger partial charge in [-0.2, -0.15) is 5.26 Å². The van der Waals surface area contributed by atoms with Gasteiger partial charge in [-0.05, 0) is 45.4 Å². The Kier molecular flexibility index (Phi) is 6.54. The Labute approximate surface area is 106 Å². The molecule has 1 unspecified atom stereocenters. The third-order valence-corrected chi connectivity index (χ3v) is 3.20. The Bertz CT molecular complexity index is 245. The molecule has 0 bridgehead atoms. The summed E-state index contributed by atoms with van der Waals surface area (Å²) in [4.78, 5) is 0. The van der Waals surface area contributed by atoms with Crippen molar-refractivity contribution in [1.82, 2.24) is 5.32 Å². The van der Waals surface area contributed by atoms with Gasteiger partial charge in [-0.25, -0.2) is 0 Å². The zero-order valence-electron chi connectivity index (χ0n) is 11.3. The highest BCUT2D eigenvalue weighted by Gasteiger charge is 2.31. The van der Waals surface area contributed by atoms with Crippen molar-refractivity contribution in [1.29, 1.82) is 5.26 Å². The topological polar surface area (TPSA) is 45.0 Å². The highest BCUT2D eigenvalue weighted by molar-refractivity contribution is 5.06. The summed E-state index contributed by atoms with van der Waals surface area (Å²) in [6.45, 7) is 5.91. The minimum Gasteiger partial charge on any atom is -0.381 e. The van der Waals surface area contributed by atoms with Crippen LogP contribution in [0.5, 0.6) is 0 Å². The average Bonchev–Trinajstić information content (AvgIpc) is 3.12. The van der Waals surface area contributed by atoms with Crippen molar-refractivity contribution in [2.45, 2.75) is 70.4 Å². The van der Waals surface area contributed by atoms with Crippen molar-refractivity contribution in [2.75, 3.05) is 13.2 Å². The van der Waals surface area contributed by atoms with E-state index in [0.29, 0.717) is 6.04 Å². The first-order chi connectivity index (χ1) is 8.20. The Morgan fingerprint density at radius 3 is 2.59 bits per heavy atom. The molecule has 3 heteroatoms. The van der Waals surface area contributed by atoms with Gasteiger partial charge in [-0.15, -0.1) is 0 Å². The molecule has 0 aromatic heterocycles. The Hall–Kier alpha value is -0.590. The van der Waals surface area contributed by atoms with Crippen LogP contribution in [0.25, 0.3) is 0 Å². The Morgan fingerprint density at radius 2 is 2.00 bits per heavy atom. The van der Waals surface area contributed by atoms with Gasteiger partial charge in [0.15, 0.2) is 0 Å². The molecule has 0 aromatic rings. The lowest BCUT2D eigenvalue weighted by molar-refractivity contribution is 0.126. The normalized spacial score (nSPS) is 18.6. The number of nitrogens with one attached hydrogen (secondary N) is 1. The van der Waals surface area contributed by atoms with Gasteiger partial charge in [-0.3, -0.25) is 5.32 Å². The summed E-state index contributed by atoms with van der Waals surface area (Å²) in [6.07, 6.45) is 7.87. The summed E-state index contributed by atoms with van der Waals surface area (Å²) in [5.74, 6) is 0. The molecule has 0 radical (unpaired) electrons. The van der Waals surface area contributed by atoms with Crippen LogP contribution in [0.3, 0.4) is 0 Å². The fraction of sp³-hybridized carbons (Fsp3) is 0.929. The number of hydrogen-bond acceptors (Lipinski definition) is 3. The SMILES string of the molecule is CCCCOCCCCC(C)(C#N)NC1CC1. The molecular formula is C14H26N2O. The molecule has 0 amide bonds.